The van der Waals surface area contributed by atoms with Crippen molar-refractivity contribution in [3.63, 3.8) is 0 Å². The molecule has 0 aliphatic heterocycles. The van der Waals surface area contributed by atoms with Crippen molar-refractivity contribution in [2.24, 2.45) is 0 Å². The minimum atomic E-state index is -0.256. The second-order valence-electron chi connectivity index (χ2n) is 4.76. The molecule has 6 heteroatoms. The van der Waals surface area contributed by atoms with Crippen molar-refractivity contribution in [3.8, 4) is 11.3 Å². The fraction of sp³-hybridized carbons (Fsp3) is 0.0588. The first kappa shape index (κ1) is 15.2. The van der Waals surface area contributed by atoms with Crippen molar-refractivity contribution in [1.82, 2.24) is 15.0 Å². The number of aromatic amines is 1. The standard InChI is InChI=1S/C17H13N3O2S/c21-15(12-5-2-1-3-6-12)11-23-17-19-14(9-16(22)20-17)13-7-4-8-18-10-13/h1-10H,11H2,(H,19,20,22). The number of rotatable bonds is 5. The summed E-state index contributed by atoms with van der Waals surface area (Å²) >= 11 is 1.21. The van der Waals surface area contributed by atoms with Crippen molar-refractivity contribution in [3.05, 3.63) is 76.8 Å². The maximum absolute atomic E-state index is 12.1. The summed E-state index contributed by atoms with van der Waals surface area (Å²) in [5.74, 6) is 0.203. The van der Waals surface area contributed by atoms with Crippen LogP contribution in [-0.4, -0.2) is 26.5 Å². The Hall–Kier alpha value is -2.73. The van der Waals surface area contributed by atoms with Gasteiger partial charge in [-0.05, 0) is 12.1 Å². The van der Waals surface area contributed by atoms with E-state index in [4.69, 9.17) is 0 Å². The zero-order chi connectivity index (χ0) is 16.1. The van der Waals surface area contributed by atoms with Crippen LogP contribution in [-0.2, 0) is 0 Å². The largest absolute Gasteiger partial charge is 0.301 e. The Kier molecular flexibility index (Phi) is 4.63. The lowest BCUT2D eigenvalue weighted by molar-refractivity contribution is 0.102. The third-order valence-corrected chi connectivity index (χ3v) is 3.99. The molecule has 1 aromatic carbocycles. The lowest BCUT2D eigenvalue weighted by Gasteiger charge is -2.04. The van der Waals surface area contributed by atoms with E-state index in [0.717, 1.165) is 5.56 Å². The molecule has 0 fully saturated rings. The van der Waals surface area contributed by atoms with Crippen LogP contribution in [0.1, 0.15) is 10.4 Å². The van der Waals surface area contributed by atoms with E-state index in [0.29, 0.717) is 16.4 Å². The molecule has 0 radical (unpaired) electrons. The second-order valence-corrected chi connectivity index (χ2v) is 5.72. The third kappa shape index (κ3) is 3.92. The second kappa shape index (κ2) is 7.02. The number of ketones is 1. The quantitative estimate of drug-likeness (QED) is 0.444. The first-order valence-corrected chi connectivity index (χ1v) is 7.94. The van der Waals surface area contributed by atoms with Gasteiger partial charge in [-0.3, -0.25) is 14.6 Å². The van der Waals surface area contributed by atoms with Gasteiger partial charge in [0, 0.05) is 29.6 Å². The zero-order valence-corrected chi connectivity index (χ0v) is 12.9. The fourth-order valence-electron chi connectivity index (χ4n) is 2.01. The zero-order valence-electron chi connectivity index (χ0n) is 12.1. The Morgan fingerprint density at radius 2 is 1.96 bits per heavy atom. The number of hydrogen-bond acceptors (Lipinski definition) is 5. The predicted molar refractivity (Wildman–Crippen MR) is 89.6 cm³/mol. The Morgan fingerprint density at radius 1 is 1.13 bits per heavy atom. The van der Waals surface area contributed by atoms with Gasteiger partial charge in [0.1, 0.15) is 0 Å². The highest BCUT2D eigenvalue weighted by Gasteiger charge is 2.09. The number of benzene rings is 1. The summed E-state index contributed by atoms with van der Waals surface area (Å²) in [5.41, 5.74) is 1.69. The van der Waals surface area contributed by atoms with Crippen LogP contribution in [0.25, 0.3) is 11.3 Å². The van der Waals surface area contributed by atoms with E-state index in [-0.39, 0.29) is 17.1 Å². The summed E-state index contributed by atoms with van der Waals surface area (Å²) in [6, 6.07) is 14.1. The third-order valence-electron chi connectivity index (χ3n) is 3.11. The maximum atomic E-state index is 12.1. The van der Waals surface area contributed by atoms with E-state index in [1.807, 2.05) is 24.3 Å². The Morgan fingerprint density at radius 3 is 2.70 bits per heavy atom. The van der Waals surface area contributed by atoms with Crippen molar-refractivity contribution in [1.29, 1.82) is 0 Å². The van der Waals surface area contributed by atoms with E-state index in [2.05, 4.69) is 15.0 Å². The molecule has 2 aromatic heterocycles. The van der Waals surface area contributed by atoms with Crippen LogP contribution in [0.3, 0.4) is 0 Å². The van der Waals surface area contributed by atoms with Crippen molar-refractivity contribution in [2.75, 3.05) is 5.75 Å². The minimum Gasteiger partial charge on any atom is -0.301 e. The van der Waals surface area contributed by atoms with Crippen molar-refractivity contribution >= 4 is 17.5 Å². The van der Waals surface area contributed by atoms with Gasteiger partial charge >= 0.3 is 0 Å². The number of nitrogens with one attached hydrogen (secondary N) is 1. The highest BCUT2D eigenvalue weighted by Crippen LogP contribution is 2.18. The van der Waals surface area contributed by atoms with Gasteiger partial charge in [0.2, 0.25) is 0 Å². The number of aromatic nitrogens is 3. The van der Waals surface area contributed by atoms with Crippen LogP contribution in [0.4, 0.5) is 0 Å². The first-order valence-electron chi connectivity index (χ1n) is 6.95. The molecule has 23 heavy (non-hydrogen) atoms. The van der Waals surface area contributed by atoms with Crippen LogP contribution in [0, 0.1) is 0 Å². The minimum absolute atomic E-state index is 0.00923. The average molecular weight is 323 g/mol. The molecule has 114 valence electrons. The summed E-state index contributed by atoms with van der Waals surface area (Å²) in [7, 11) is 0. The number of carbonyl (C=O) groups is 1. The molecule has 0 saturated carbocycles. The molecule has 0 spiro atoms. The molecule has 1 N–H and O–H groups in total. The lowest BCUT2D eigenvalue weighted by Crippen LogP contribution is -2.10. The number of pyridine rings is 1. The van der Waals surface area contributed by atoms with Crippen LogP contribution < -0.4 is 5.56 Å². The highest BCUT2D eigenvalue weighted by atomic mass is 32.2. The molecule has 5 nitrogen and oxygen atoms in total. The molecule has 0 bridgehead atoms. The highest BCUT2D eigenvalue weighted by molar-refractivity contribution is 7.99. The van der Waals surface area contributed by atoms with Gasteiger partial charge < -0.3 is 4.98 Å². The smallest absolute Gasteiger partial charge is 0.252 e. The van der Waals surface area contributed by atoms with Gasteiger partial charge in [0.05, 0.1) is 11.4 Å². The Labute approximate surface area is 136 Å². The maximum Gasteiger partial charge on any atom is 0.252 e. The summed E-state index contributed by atoms with van der Waals surface area (Å²) < 4.78 is 0. The summed E-state index contributed by atoms with van der Waals surface area (Å²) in [4.78, 5) is 34.9. The Bertz CT molecular complexity index is 864. The predicted octanol–water partition coefficient (Wildman–Crippen LogP) is 2.81. The van der Waals surface area contributed by atoms with Crippen LogP contribution in [0.15, 0.2) is 70.9 Å². The van der Waals surface area contributed by atoms with E-state index < -0.39 is 0 Å². The molecule has 0 atom stereocenters. The molecule has 0 aliphatic carbocycles. The van der Waals surface area contributed by atoms with Gasteiger partial charge in [-0.2, -0.15) is 0 Å². The van der Waals surface area contributed by atoms with Gasteiger partial charge in [-0.25, -0.2) is 4.98 Å². The normalized spacial score (nSPS) is 10.4. The lowest BCUT2D eigenvalue weighted by atomic mass is 10.2. The summed E-state index contributed by atoms with van der Waals surface area (Å²) in [5, 5.41) is 0.417. The molecule has 0 unspecified atom stereocenters. The van der Waals surface area contributed by atoms with E-state index in [9.17, 15) is 9.59 Å². The summed E-state index contributed by atoms with van der Waals surface area (Å²) in [6.45, 7) is 0. The van der Waals surface area contributed by atoms with Gasteiger partial charge in [-0.1, -0.05) is 42.1 Å². The van der Waals surface area contributed by atoms with E-state index in [1.54, 1.807) is 30.6 Å². The average Bonchev–Trinajstić information content (AvgIpc) is 2.61. The van der Waals surface area contributed by atoms with Crippen LogP contribution in [0.2, 0.25) is 0 Å². The summed E-state index contributed by atoms with van der Waals surface area (Å²) in [6.07, 6.45) is 3.30. The van der Waals surface area contributed by atoms with Crippen molar-refractivity contribution < 1.29 is 4.79 Å². The fourth-order valence-corrected chi connectivity index (χ4v) is 2.78. The monoisotopic (exact) mass is 323 g/mol. The number of nitrogens with zero attached hydrogens (tertiary/aromatic N) is 2. The van der Waals surface area contributed by atoms with Gasteiger partial charge in [0.15, 0.2) is 10.9 Å². The van der Waals surface area contributed by atoms with Gasteiger partial charge in [-0.15, -0.1) is 0 Å². The number of H-pyrrole nitrogens is 1. The molecule has 0 amide bonds. The number of thioether (sulfide) groups is 1. The topological polar surface area (TPSA) is 75.7 Å². The molecule has 3 rings (SSSR count). The van der Waals surface area contributed by atoms with Gasteiger partial charge in [0.25, 0.3) is 5.56 Å². The van der Waals surface area contributed by atoms with E-state index in [1.165, 1.54) is 17.8 Å². The molecule has 0 saturated heterocycles. The number of Topliss-reactive ketones (excluding diaryl/α,β-unsaturated/α-hetero) is 1. The molecule has 0 aliphatic rings. The van der Waals surface area contributed by atoms with Crippen LogP contribution in [0.5, 0.6) is 0 Å². The molecular weight excluding hydrogens is 310 g/mol. The number of hydrogen-bond donors (Lipinski definition) is 1. The molecule has 3 aromatic rings. The molecule has 2 heterocycles. The Balaban J connectivity index is 1.77. The SMILES string of the molecule is O=C(CSc1nc(-c2cccnc2)cc(=O)[nH]1)c1ccccc1. The number of carbonyl (C=O) groups excluding carboxylic acids is 1. The molecular formula is C17H13N3O2S. The first-order chi connectivity index (χ1) is 11.2. The van der Waals surface area contributed by atoms with Crippen molar-refractivity contribution in [2.45, 2.75) is 5.16 Å². The van der Waals surface area contributed by atoms with Crippen LogP contribution >= 0.6 is 11.8 Å². The van der Waals surface area contributed by atoms with E-state index >= 15 is 0 Å².